The Morgan fingerprint density at radius 3 is 2.71 bits per heavy atom. The number of nitrogens with zero attached hydrogens (tertiary/aromatic N) is 1. The minimum atomic E-state index is -1.02. The number of rotatable bonds is 4. The molecule has 2 rings (SSSR count). The molecule has 0 saturated carbocycles. The average molecular weight is 356 g/mol. The van der Waals surface area contributed by atoms with Crippen LogP contribution in [0.5, 0.6) is 0 Å². The second kappa shape index (κ2) is 7.04. The summed E-state index contributed by atoms with van der Waals surface area (Å²) in [6.45, 7) is 2.85. The quantitative estimate of drug-likeness (QED) is 0.899. The lowest BCUT2D eigenvalue weighted by Crippen LogP contribution is -2.48. The summed E-state index contributed by atoms with van der Waals surface area (Å²) in [5.74, 6) is -0.954. The summed E-state index contributed by atoms with van der Waals surface area (Å²) < 4.78 is 6.13. The van der Waals surface area contributed by atoms with Gasteiger partial charge < -0.3 is 14.7 Å². The van der Waals surface area contributed by atoms with Gasteiger partial charge in [-0.15, -0.1) is 0 Å². The van der Waals surface area contributed by atoms with Crippen molar-refractivity contribution in [3.63, 3.8) is 0 Å². The topological polar surface area (TPSA) is 66.8 Å². The molecule has 5 nitrogen and oxygen atoms in total. The average Bonchev–Trinajstić information content (AvgIpc) is 2.48. The fraction of sp³-hybridized carbons (Fsp3) is 0.467. The second-order valence-corrected chi connectivity index (χ2v) is 6.11. The van der Waals surface area contributed by atoms with Crippen LogP contribution in [0, 0.1) is 0 Å². The van der Waals surface area contributed by atoms with Gasteiger partial charge in [0, 0.05) is 17.4 Å². The maximum absolute atomic E-state index is 12.3. The van der Waals surface area contributed by atoms with E-state index in [0.29, 0.717) is 13.0 Å². The minimum Gasteiger partial charge on any atom is -0.479 e. The SMILES string of the molecule is CC(CC(=O)N1CCOC(C(=O)O)C1)c1ccc(Br)cc1. The van der Waals surface area contributed by atoms with Crippen molar-refractivity contribution in [3.8, 4) is 0 Å². The highest BCUT2D eigenvalue weighted by atomic mass is 79.9. The number of carbonyl (C=O) groups excluding carboxylic acids is 1. The number of morpholine rings is 1. The Labute approximate surface area is 132 Å². The molecule has 21 heavy (non-hydrogen) atoms. The number of hydrogen-bond acceptors (Lipinski definition) is 3. The molecule has 2 atom stereocenters. The number of hydrogen-bond donors (Lipinski definition) is 1. The number of carbonyl (C=O) groups is 2. The number of ether oxygens (including phenoxy) is 1. The van der Waals surface area contributed by atoms with E-state index >= 15 is 0 Å². The molecule has 1 aliphatic rings. The zero-order chi connectivity index (χ0) is 15.4. The maximum atomic E-state index is 12.3. The molecular weight excluding hydrogens is 338 g/mol. The highest BCUT2D eigenvalue weighted by Crippen LogP contribution is 2.22. The van der Waals surface area contributed by atoms with E-state index in [9.17, 15) is 9.59 Å². The molecule has 2 unspecified atom stereocenters. The van der Waals surface area contributed by atoms with Gasteiger partial charge in [-0.2, -0.15) is 0 Å². The molecule has 0 aliphatic carbocycles. The van der Waals surface area contributed by atoms with Crippen LogP contribution >= 0.6 is 15.9 Å². The normalized spacial score (nSPS) is 20.1. The van der Waals surface area contributed by atoms with Crippen molar-refractivity contribution < 1.29 is 19.4 Å². The van der Waals surface area contributed by atoms with Crippen molar-refractivity contribution >= 4 is 27.8 Å². The molecule has 0 aromatic heterocycles. The van der Waals surface area contributed by atoms with Crippen LogP contribution in [0.3, 0.4) is 0 Å². The summed E-state index contributed by atoms with van der Waals surface area (Å²) in [5, 5.41) is 8.96. The van der Waals surface area contributed by atoms with Crippen LogP contribution in [-0.4, -0.2) is 47.7 Å². The van der Waals surface area contributed by atoms with Crippen molar-refractivity contribution in [2.24, 2.45) is 0 Å². The third-order valence-corrected chi connectivity index (χ3v) is 4.14. The Morgan fingerprint density at radius 1 is 1.43 bits per heavy atom. The first-order valence-electron chi connectivity index (χ1n) is 6.85. The molecule has 0 bridgehead atoms. The number of aliphatic carboxylic acids is 1. The van der Waals surface area contributed by atoms with E-state index in [1.165, 1.54) is 0 Å². The summed E-state index contributed by atoms with van der Waals surface area (Å²) in [7, 11) is 0. The molecule has 0 radical (unpaired) electrons. The van der Waals surface area contributed by atoms with E-state index in [1.807, 2.05) is 31.2 Å². The summed E-state index contributed by atoms with van der Waals surface area (Å²) in [6, 6.07) is 7.87. The molecule has 1 heterocycles. The van der Waals surface area contributed by atoms with Gasteiger partial charge in [0.2, 0.25) is 5.91 Å². The molecule has 1 aromatic carbocycles. The molecule has 1 saturated heterocycles. The van der Waals surface area contributed by atoms with Crippen molar-refractivity contribution in [3.05, 3.63) is 34.3 Å². The van der Waals surface area contributed by atoms with Gasteiger partial charge in [-0.1, -0.05) is 35.0 Å². The van der Waals surface area contributed by atoms with E-state index in [2.05, 4.69) is 15.9 Å². The predicted molar refractivity (Wildman–Crippen MR) is 81.1 cm³/mol. The van der Waals surface area contributed by atoms with E-state index in [-0.39, 0.29) is 25.0 Å². The van der Waals surface area contributed by atoms with Crippen LogP contribution in [0.15, 0.2) is 28.7 Å². The Hall–Kier alpha value is -1.40. The second-order valence-electron chi connectivity index (χ2n) is 5.19. The van der Waals surface area contributed by atoms with Crippen LogP contribution < -0.4 is 0 Å². The lowest BCUT2D eigenvalue weighted by Gasteiger charge is -2.31. The highest BCUT2D eigenvalue weighted by molar-refractivity contribution is 9.10. The minimum absolute atomic E-state index is 0.0278. The Kier molecular flexibility index (Phi) is 5.36. The van der Waals surface area contributed by atoms with Gasteiger partial charge in [0.1, 0.15) is 0 Å². The molecule has 1 aliphatic heterocycles. The number of amides is 1. The van der Waals surface area contributed by atoms with Crippen molar-refractivity contribution in [1.82, 2.24) is 4.90 Å². The smallest absolute Gasteiger partial charge is 0.334 e. The van der Waals surface area contributed by atoms with E-state index in [1.54, 1.807) is 4.90 Å². The first kappa shape index (κ1) is 16.0. The maximum Gasteiger partial charge on any atom is 0.334 e. The summed E-state index contributed by atoms with van der Waals surface area (Å²) in [4.78, 5) is 24.8. The van der Waals surface area contributed by atoms with E-state index < -0.39 is 12.1 Å². The fourth-order valence-corrected chi connectivity index (χ4v) is 2.59. The summed E-state index contributed by atoms with van der Waals surface area (Å²) in [6.07, 6.45) is -0.542. The molecule has 1 fully saturated rings. The molecular formula is C15H18BrNO4. The van der Waals surface area contributed by atoms with Crippen LogP contribution in [0.4, 0.5) is 0 Å². The monoisotopic (exact) mass is 355 g/mol. The zero-order valence-electron chi connectivity index (χ0n) is 11.8. The first-order chi connectivity index (χ1) is 9.97. The Bertz CT molecular complexity index is 517. The van der Waals surface area contributed by atoms with Gasteiger partial charge in [-0.05, 0) is 23.6 Å². The van der Waals surface area contributed by atoms with Gasteiger partial charge in [0.05, 0.1) is 13.2 Å². The summed E-state index contributed by atoms with van der Waals surface area (Å²) in [5.41, 5.74) is 1.09. The number of halogens is 1. The molecule has 6 heteroatoms. The van der Waals surface area contributed by atoms with Gasteiger partial charge in [0.15, 0.2) is 6.10 Å². The number of carboxylic acid groups (broad SMARTS) is 1. The lowest BCUT2D eigenvalue weighted by molar-refractivity contribution is -0.159. The van der Waals surface area contributed by atoms with Gasteiger partial charge in [0.25, 0.3) is 0 Å². The fourth-order valence-electron chi connectivity index (χ4n) is 2.33. The Morgan fingerprint density at radius 2 is 2.10 bits per heavy atom. The van der Waals surface area contributed by atoms with Gasteiger partial charge in [-0.25, -0.2) is 4.79 Å². The largest absolute Gasteiger partial charge is 0.479 e. The first-order valence-corrected chi connectivity index (χ1v) is 7.64. The van der Waals surface area contributed by atoms with Crippen molar-refractivity contribution in [2.45, 2.75) is 25.4 Å². The third kappa shape index (κ3) is 4.28. The van der Waals surface area contributed by atoms with Gasteiger partial charge >= 0.3 is 5.97 Å². The lowest BCUT2D eigenvalue weighted by atomic mass is 9.97. The highest BCUT2D eigenvalue weighted by Gasteiger charge is 2.29. The molecule has 1 N–H and O–H groups in total. The van der Waals surface area contributed by atoms with E-state index in [4.69, 9.17) is 9.84 Å². The van der Waals surface area contributed by atoms with Crippen molar-refractivity contribution in [1.29, 1.82) is 0 Å². The summed E-state index contributed by atoms with van der Waals surface area (Å²) >= 11 is 3.38. The Balaban J connectivity index is 1.94. The van der Waals surface area contributed by atoms with Crippen LogP contribution in [0.1, 0.15) is 24.8 Å². The van der Waals surface area contributed by atoms with Crippen LogP contribution in [0.2, 0.25) is 0 Å². The number of carboxylic acids is 1. The standard InChI is InChI=1S/C15H18BrNO4/c1-10(11-2-4-12(16)5-3-11)8-14(18)17-6-7-21-13(9-17)15(19)20/h2-5,10,13H,6-9H2,1H3,(H,19,20). The molecule has 1 aromatic rings. The molecule has 114 valence electrons. The predicted octanol–water partition coefficient (Wildman–Crippen LogP) is 2.25. The van der Waals surface area contributed by atoms with Crippen LogP contribution in [0.25, 0.3) is 0 Å². The van der Waals surface area contributed by atoms with E-state index in [0.717, 1.165) is 10.0 Å². The van der Waals surface area contributed by atoms with Gasteiger partial charge in [-0.3, -0.25) is 4.79 Å². The van der Waals surface area contributed by atoms with Crippen molar-refractivity contribution in [2.75, 3.05) is 19.7 Å². The number of benzene rings is 1. The molecule has 1 amide bonds. The molecule has 0 spiro atoms. The van der Waals surface area contributed by atoms with Crippen LogP contribution in [-0.2, 0) is 14.3 Å². The zero-order valence-corrected chi connectivity index (χ0v) is 13.4. The third-order valence-electron chi connectivity index (χ3n) is 3.61.